The van der Waals surface area contributed by atoms with E-state index in [-0.39, 0.29) is 11.5 Å². The number of hydrogen-bond acceptors (Lipinski definition) is 2. The van der Waals surface area contributed by atoms with Crippen LogP contribution in [0.15, 0.2) is 0 Å². The predicted octanol–water partition coefficient (Wildman–Crippen LogP) is 2.46. The summed E-state index contributed by atoms with van der Waals surface area (Å²) in [6.07, 6.45) is 0.188. The quantitative estimate of drug-likeness (QED) is 0.663. The third-order valence-electron chi connectivity index (χ3n) is 1.52. The van der Waals surface area contributed by atoms with E-state index in [2.05, 4.69) is 29.8 Å². The van der Waals surface area contributed by atoms with Crippen LogP contribution in [0.4, 0.5) is 0 Å². The first-order valence-electron chi connectivity index (χ1n) is 4.18. The van der Waals surface area contributed by atoms with Crippen molar-refractivity contribution in [3.8, 4) is 0 Å². The molecule has 0 aliphatic heterocycles. The molecule has 0 aromatic rings. The Morgan fingerprint density at radius 3 is 2.42 bits per heavy atom. The van der Waals surface area contributed by atoms with E-state index in [1.54, 1.807) is 7.11 Å². The Kier molecular flexibility index (Phi) is 6.14. The minimum atomic E-state index is 0.188. The fraction of sp³-hybridized carbons (Fsp3) is 1.00. The number of halogens is 1. The highest BCUT2D eigenvalue weighted by molar-refractivity contribution is 9.09. The van der Waals surface area contributed by atoms with Crippen molar-refractivity contribution >= 4 is 15.9 Å². The Morgan fingerprint density at radius 1 is 1.42 bits per heavy atom. The predicted molar refractivity (Wildman–Crippen MR) is 54.9 cm³/mol. The monoisotopic (exact) mass is 238 g/mol. The SMILES string of the molecule is COCC(C)OCC(C)(C)CBr. The summed E-state index contributed by atoms with van der Waals surface area (Å²) in [7, 11) is 1.69. The van der Waals surface area contributed by atoms with Gasteiger partial charge in [-0.25, -0.2) is 0 Å². The first-order chi connectivity index (χ1) is 5.52. The van der Waals surface area contributed by atoms with Crippen LogP contribution in [0.1, 0.15) is 20.8 Å². The van der Waals surface area contributed by atoms with E-state index in [0.29, 0.717) is 6.61 Å². The second-order valence-corrected chi connectivity index (χ2v) is 4.44. The molecule has 0 aliphatic rings. The van der Waals surface area contributed by atoms with E-state index in [0.717, 1.165) is 11.9 Å². The molecule has 0 saturated heterocycles. The van der Waals surface area contributed by atoms with Crippen molar-refractivity contribution in [1.29, 1.82) is 0 Å². The molecule has 0 rings (SSSR count). The van der Waals surface area contributed by atoms with E-state index in [9.17, 15) is 0 Å². The van der Waals surface area contributed by atoms with Gasteiger partial charge in [0.2, 0.25) is 0 Å². The van der Waals surface area contributed by atoms with Crippen molar-refractivity contribution in [2.75, 3.05) is 25.7 Å². The lowest BCUT2D eigenvalue weighted by atomic mass is 9.98. The Morgan fingerprint density at radius 2 is 2.00 bits per heavy atom. The van der Waals surface area contributed by atoms with Gasteiger partial charge < -0.3 is 9.47 Å². The lowest BCUT2D eigenvalue weighted by Gasteiger charge is -2.23. The lowest BCUT2D eigenvalue weighted by molar-refractivity contribution is -0.0194. The molecule has 0 N–H and O–H groups in total. The molecule has 74 valence electrons. The van der Waals surface area contributed by atoms with E-state index in [1.165, 1.54) is 0 Å². The van der Waals surface area contributed by atoms with Gasteiger partial charge in [0.05, 0.1) is 19.3 Å². The highest BCUT2D eigenvalue weighted by Gasteiger charge is 2.17. The highest BCUT2D eigenvalue weighted by Crippen LogP contribution is 2.18. The van der Waals surface area contributed by atoms with Gasteiger partial charge in [0.15, 0.2) is 0 Å². The zero-order chi connectivity index (χ0) is 9.61. The van der Waals surface area contributed by atoms with Gasteiger partial charge in [0.25, 0.3) is 0 Å². The van der Waals surface area contributed by atoms with Gasteiger partial charge in [-0.3, -0.25) is 0 Å². The summed E-state index contributed by atoms with van der Waals surface area (Å²) in [5.74, 6) is 0. The van der Waals surface area contributed by atoms with E-state index < -0.39 is 0 Å². The molecule has 0 aliphatic carbocycles. The summed E-state index contributed by atoms with van der Waals surface area (Å²) in [6.45, 7) is 7.79. The average molecular weight is 239 g/mol. The molecule has 2 nitrogen and oxygen atoms in total. The van der Waals surface area contributed by atoms with Crippen LogP contribution in [0.5, 0.6) is 0 Å². The van der Waals surface area contributed by atoms with Gasteiger partial charge in [-0.2, -0.15) is 0 Å². The van der Waals surface area contributed by atoms with Crippen LogP contribution < -0.4 is 0 Å². The van der Waals surface area contributed by atoms with Crippen LogP contribution in [0, 0.1) is 5.41 Å². The molecule has 0 heterocycles. The van der Waals surface area contributed by atoms with Crippen LogP contribution in [-0.2, 0) is 9.47 Å². The van der Waals surface area contributed by atoms with E-state index in [4.69, 9.17) is 9.47 Å². The molecular weight excluding hydrogens is 220 g/mol. The molecule has 1 atom stereocenters. The van der Waals surface area contributed by atoms with Crippen LogP contribution in [0.3, 0.4) is 0 Å². The number of hydrogen-bond donors (Lipinski definition) is 0. The fourth-order valence-electron chi connectivity index (χ4n) is 0.689. The largest absolute Gasteiger partial charge is 0.382 e. The van der Waals surface area contributed by atoms with Gasteiger partial charge in [-0.15, -0.1) is 0 Å². The molecule has 0 radical (unpaired) electrons. The Hall–Kier alpha value is 0.400. The van der Waals surface area contributed by atoms with Crippen molar-refractivity contribution in [2.24, 2.45) is 5.41 Å². The van der Waals surface area contributed by atoms with E-state index >= 15 is 0 Å². The second kappa shape index (κ2) is 5.95. The van der Waals surface area contributed by atoms with Crippen molar-refractivity contribution in [3.63, 3.8) is 0 Å². The molecule has 0 saturated carbocycles. The van der Waals surface area contributed by atoms with Gasteiger partial charge >= 0.3 is 0 Å². The summed E-state index contributed by atoms with van der Waals surface area (Å²) in [4.78, 5) is 0. The van der Waals surface area contributed by atoms with Gasteiger partial charge in [-0.05, 0) is 12.3 Å². The standard InChI is InChI=1S/C9H19BrO2/c1-8(5-11-4)12-7-9(2,3)6-10/h8H,5-7H2,1-4H3. The topological polar surface area (TPSA) is 18.5 Å². The maximum atomic E-state index is 5.58. The zero-order valence-electron chi connectivity index (χ0n) is 8.39. The zero-order valence-corrected chi connectivity index (χ0v) is 9.98. The number of ether oxygens (including phenoxy) is 2. The molecule has 3 heteroatoms. The maximum Gasteiger partial charge on any atom is 0.0780 e. The first kappa shape index (κ1) is 12.4. The van der Waals surface area contributed by atoms with Gasteiger partial charge in [0.1, 0.15) is 0 Å². The summed E-state index contributed by atoms with van der Waals surface area (Å²) < 4.78 is 10.5. The summed E-state index contributed by atoms with van der Waals surface area (Å²) in [6, 6.07) is 0. The molecule has 1 unspecified atom stereocenters. The minimum Gasteiger partial charge on any atom is -0.382 e. The summed E-state index contributed by atoms with van der Waals surface area (Å²) >= 11 is 3.45. The van der Waals surface area contributed by atoms with Crippen LogP contribution >= 0.6 is 15.9 Å². The molecule has 0 aromatic heterocycles. The van der Waals surface area contributed by atoms with Crippen LogP contribution in [0.25, 0.3) is 0 Å². The molecule has 0 amide bonds. The van der Waals surface area contributed by atoms with Crippen LogP contribution in [0.2, 0.25) is 0 Å². The highest BCUT2D eigenvalue weighted by atomic mass is 79.9. The Balaban J connectivity index is 3.52. The number of rotatable bonds is 6. The number of methoxy groups -OCH3 is 1. The van der Waals surface area contributed by atoms with Crippen molar-refractivity contribution in [3.05, 3.63) is 0 Å². The molecule has 0 spiro atoms. The summed E-state index contributed by atoms with van der Waals surface area (Å²) in [5.41, 5.74) is 0.210. The molecule has 0 fully saturated rings. The summed E-state index contributed by atoms with van der Waals surface area (Å²) in [5, 5.41) is 0.958. The van der Waals surface area contributed by atoms with Crippen LogP contribution in [-0.4, -0.2) is 31.8 Å². The molecule has 12 heavy (non-hydrogen) atoms. The molecule has 0 bridgehead atoms. The second-order valence-electron chi connectivity index (χ2n) is 3.87. The lowest BCUT2D eigenvalue weighted by Crippen LogP contribution is -2.26. The smallest absolute Gasteiger partial charge is 0.0780 e. The minimum absolute atomic E-state index is 0.188. The van der Waals surface area contributed by atoms with Crippen molar-refractivity contribution in [2.45, 2.75) is 26.9 Å². The number of alkyl halides is 1. The van der Waals surface area contributed by atoms with Crippen molar-refractivity contribution in [1.82, 2.24) is 0 Å². The van der Waals surface area contributed by atoms with E-state index in [1.807, 2.05) is 6.92 Å². The fourth-order valence-corrected chi connectivity index (χ4v) is 0.851. The Labute approximate surface area is 83.8 Å². The normalized spacial score (nSPS) is 14.8. The van der Waals surface area contributed by atoms with Gasteiger partial charge in [-0.1, -0.05) is 29.8 Å². The Bertz CT molecular complexity index is 115. The van der Waals surface area contributed by atoms with Gasteiger partial charge in [0, 0.05) is 12.4 Å². The van der Waals surface area contributed by atoms with Crippen molar-refractivity contribution < 1.29 is 9.47 Å². The average Bonchev–Trinajstić information content (AvgIpc) is 2.02. The third-order valence-corrected chi connectivity index (χ3v) is 3.04. The molecular formula is C9H19BrO2. The third kappa shape index (κ3) is 5.98. The molecule has 0 aromatic carbocycles. The maximum absolute atomic E-state index is 5.58. The first-order valence-corrected chi connectivity index (χ1v) is 5.30.